The van der Waals surface area contributed by atoms with Crippen LogP contribution in [-0.2, 0) is 10.8 Å². The quantitative estimate of drug-likeness (QED) is 0.201. The molecule has 4 nitrogen and oxygen atoms in total. The van der Waals surface area contributed by atoms with Crippen LogP contribution in [-0.4, -0.2) is 55.5 Å². The third-order valence-corrected chi connectivity index (χ3v) is 9.28. The minimum absolute atomic E-state index is 0.0946. The van der Waals surface area contributed by atoms with Crippen LogP contribution in [0.4, 0.5) is 8.78 Å². The number of carbonyl (C=O) groups excluding carboxylic acids is 1. The zero-order valence-electron chi connectivity index (χ0n) is 28.6. The van der Waals surface area contributed by atoms with E-state index in [2.05, 4.69) is 53.5 Å². The molecule has 3 aromatic carbocycles. The number of benzene rings is 3. The monoisotopic (exact) mass is 618 g/mol. The number of carbonyl (C=O) groups is 1. The number of amides is 1. The van der Waals surface area contributed by atoms with Crippen LogP contribution in [0.1, 0.15) is 112 Å². The van der Waals surface area contributed by atoms with Gasteiger partial charge in [0.1, 0.15) is 17.4 Å². The third-order valence-electron chi connectivity index (χ3n) is 9.28. The van der Waals surface area contributed by atoms with Crippen LogP contribution in [0.25, 0.3) is 0 Å². The molecule has 244 valence electrons. The summed E-state index contributed by atoms with van der Waals surface area (Å²) in [4.78, 5) is 18.2. The molecule has 1 saturated heterocycles. The summed E-state index contributed by atoms with van der Waals surface area (Å²) in [5.74, 6) is 0.582. The first-order chi connectivity index (χ1) is 21.2. The maximum Gasteiger partial charge on any atom is 0.253 e. The Kier molecular flexibility index (Phi) is 11.1. The number of ether oxygens (including phenoxy) is 1. The van der Waals surface area contributed by atoms with E-state index in [1.807, 2.05) is 41.3 Å². The zero-order valence-corrected chi connectivity index (χ0v) is 28.6. The minimum Gasteiger partial charge on any atom is -0.496 e. The fourth-order valence-electron chi connectivity index (χ4n) is 6.54. The highest BCUT2D eigenvalue weighted by molar-refractivity contribution is 5.95. The number of rotatable bonds is 11. The normalized spacial score (nSPS) is 15.7. The molecule has 0 aliphatic carbocycles. The van der Waals surface area contributed by atoms with Crippen LogP contribution in [0.15, 0.2) is 60.7 Å². The highest BCUT2D eigenvalue weighted by Crippen LogP contribution is 2.41. The number of hydrogen-bond acceptors (Lipinski definition) is 3. The van der Waals surface area contributed by atoms with Crippen molar-refractivity contribution in [2.45, 2.75) is 96.4 Å². The van der Waals surface area contributed by atoms with Gasteiger partial charge in [0.2, 0.25) is 0 Å². The predicted octanol–water partition coefficient (Wildman–Crippen LogP) is 9.11. The van der Waals surface area contributed by atoms with Gasteiger partial charge in [-0.3, -0.25) is 4.79 Å². The van der Waals surface area contributed by atoms with Gasteiger partial charge in [-0.2, -0.15) is 0 Å². The lowest BCUT2D eigenvalue weighted by atomic mass is 9.78. The number of hydrogen-bond donors (Lipinski definition) is 0. The summed E-state index contributed by atoms with van der Waals surface area (Å²) in [7, 11) is 3.89. The first kappa shape index (κ1) is 34.6. The molecule has 1 aliphatic heterocycles. The Morgan fingerprint density at radius 1 is 0.867 bits per heavy atom. The van der Waals surface area contributed by atoms with E-state index < -0.39 is 0 Å². The molecule has 4 rings (SSSR count). The highest BCUT2D eigenvalue weighted by Gasteiger charge is 2.33. The molecule has 1 amide bonds. The number of methoxy groups -OCH3 is 1. The van der Waals surface area contributed by atoms with Gasteiger partial charge >= 0.3 is 0 Å². The van der Waals surface area contributed by atoms with Crippen molar-refractivity contribution in [2.24, 2.45) is 0 Å². The van der Waals surface area contributed by atoms with Crippen molar-refractivity contribution in [3.63, 3.8) is 0 Å². The van der Waals surface area contributed by atoms with Crippen molar-refractivity contribution in [2.75, 3.05) is 33.8 Å². The number of nitrogens with zero attached hydrogens (tertiary/aromatic N) is 2. The van der Waals surface area contributed by atoms with Gasteiger partial charge in [0, 0.05) is 41.7 Å². The van der Waals surface area contributed by atoms with Gasteiger partial charge in [-0.05, 0) is 91.2 Å². The van der Waals surface area contributed by atoms with Crippen LogP contribution < -0.4 is 4.74 Å². The van der Waals surface area contributed by atoms with E-state index in [0.717, 1.165) is 85.3 Å². The van der Waals surface area contributed by atoms with Gasteiger partial charge in [-0.1, -0.05) is 78.6 Å². The van der Waals surface area contributed by atoms with E-state index in [0.29, 0.717) is 6.04 Å². The summed E-state index contributed by atoms with van der Waals surface area (Å²) in [5.41, 5.74) is 4.66. The van der Waals surface area contributed by atoms with Gasteiger partial charge in [0.05, 0.1) is 7.11 Å². The molecule has 6 heteroatoms. The molecule has 0 radical (unpaired) electrons. The number of halogens is 2. The topological polar surface area (TPSA) is 32.8 Å². The molecule has 1 fully saturated rings. The van der Waals surface area contributed by atoms with Gasteiger partial charge in [0.25, 0.3) is 5.91 Å². The lowest BCUT2D eigenvalue weighted by Crippen LogP contribution is -2.37. The maximum atomic E-state index is 13.8. The average Bonchev–Trinajstić information content (AvgIpc) is 3.49. The SMILES string of the molecule is COc1c(C(C)(C)C)cc(C(=O)N2CC[C@H](N(C)CCCCCC(c3ccc(F)cc3)c3ccc(F)cc3)C2)cc1C(C)(C)C. The highest BCUT2D eigenvalue weighted by atomic mass is 19.1. The Bertz CT molecular complexity index is 1340. The Morgan fingerprint density at radius 2 is 1.38 bits per heavy atom. The predicted molar refractivity (Wildman–Crippen MR) is 180 cm³/mol. The fourth-order valence-corrected chi connectivity index (χ4v) is 6.54. The molecule has 0 spiro atoms. The van der Waals surface area contributed by atoms with Crippen LogP contribution in [0, 0.1) is 11.6 Å². The zero-order chi connectivity index (χ0) is 32.9. The Labute approximate surface area is 269 Å². The molecule has 0 saturated carbocycles. The first-order valence-corrected chi connectivity index (χ1v) is 16.4. The summed E-state index contributed by atoms with van der Waals surface area (Å²) in [5, 5.41) is 0. The lowest BCUT2D eigenvalue weighted by molar-refractivity contribution is 0.0779. The average molecular weight is 619 g/mol. The Balaban J connectivity index is 1.33. The summed E-state index contributed by atoms with van der Waals surface area (Å²) in [6, 6.07) is 17.8. The van der Waals surface area contributed by atoms with Crippen molar-refractivity contribution in [3.8, 4) is 5.75 Å². The van der Waals surface area contributed by atoms with Crippen molar-refractivity contribution < 1.29 is 18.3 Å². The van der Waals surface area contributed by atoms with Crippen LogP contribution in [0.3, 0.4) is 0 Å². The summed E-state index contributed by atoms with van der Waals surface area (Å²) < 4.78 is 33.1. The largest absolute Gasteiger partial charge is 0.496 e. The molecule has 1 atom stereocenters. The van der Waals surface area contributed by atoms with Crippen molar-refractivity contribution in [1.29, 1.82) is 0 Å². The van der Waals surface area contributed by atoms with Crippen LogP contribution >= 0.6 is 0 Å². The molecule has 3 aromatic rings. The van der Waals surface area contributed by atoms with Gasteiger partial charge in [0.15, 0.2) is 0 Å². The van der Waals surface area contributed by atoms with Gasteiger partial charge < -0.3 is 14.5 Å². The van der Waals surface area contributed by atoms with Crippen LogP contribution in [0.5, 0.6) is 5.75 Å². The molecular formula is C39H52F2N2O2. The smallest absolute Gasteiger partial charge is 0.253 e. The number of likely N-dealkylation sites (N-methyl/N-ethyl adjacent to an activating group) is 1. The molecule has 0 unspecified atom stereocenters. The molecule has 1 heterocycles. The van der Waals surface area contributed by atoms with E-state index in [4.69, 9.17) is 4.74 Å². The molecular weight excluding hydrogens is 566 g/mol. The Hall–Kier alpha value is -3.25. The van der Waals surface area contributed by atoms with Crippen molar-refractivity contribution in [1.82, 2.24) is 9.80 Å². The lowest BCUT2D eigenvalue weighted by Gasteiger charge is -2.30. The fraction of sp³-hybridized carbons (Fsp3) is 0.513. The first-order valence-electron chi connectivity index (χ1n) is 16.4. The van der Waals surface area contributed by atoms with Gasteiger partial charge in [-0.25, -0.2) is 8.78 Å². The van der Waals surface area contributed by atoms with E-state index in [-0.39, 0.29) is 34.3 Å². The maximum absolute atomic E-state index is 13.8. The summed E-state index contributed by atoms with van der Waals surface area (Å²) in [6.07, 6.45) is 5.03. The third kappa shape index (κ3) is 8.72. The number of likely N-dealkylation sites (tertiary alicyclic amines) is 1. The molecule has 45 heavy (non-hydrogen) atoms. The van der Waals surface area contributed by atoms with Crippen molar-refractivity contribution >= 4 is 5.91 Å². The molecule has 1 aliphatic rings. The molecule has 0 aromatic heterocycles. The number of unbranched alkanes of at least 4 members (excludes halogenated alkanes) is 2. The summed E-state index contributed by atoms with van der Waals surface area (Å²) in [6.45, 7) is 15.4. The van der Waals surface area contributed by atoms with E-state index in [9.17, 15) is 13.6 Å². The second-order valence-corrected chi connectivity index (χ2v) is 14.8. The van der Waals surface area contributed by atoms with Crippen LogP contribution in [0.2, 0.25) is 0 Å². The molecule has 0 bridgehead atoms. The minimum atomic E-state index is -0.250. The second-order valence-electron chi connectivity index (χ2n) is 14.8. The Morgan fingerprint density at radius 3 is 1.84 bits per heavy atom. The second kappa shape index (κ2) is 14.5. The van der Waals surface area contributed by atoms with Crippen molar-refractivity contribution in [3.05, 3.63) is 100 Å². The van der Waals surface area contributed by atoms with E-state index in [1.165, 1.54) is 24.3 Å². The molecule has 0 N–H and O–H groups in total. The van der Waals surface area contributed by atoms with E-state index >= 15 is 0 Å². The van der Waals surface area contributed by atoms with E-state index in [1.54, 1.807) is 7.11 Å². The summed E-state index contributed by atoms with van der Waals surface area (Å²) >= 11 is 0. The standard InChI is InChI=1S/C39H52F2N2O2/c1-38(2,3)34-24-29(25-35(36(34)45-8)39(4,5)6)37(44)43-23-21-32(26-43)42(7)22-11-9-10-12-33(27-13-17-30(40)18-14-27)28-15-19-31(41)20-16-28/h13-20,24-25,32-33H,9-12,21-23,26H2,1-8H3/t32-/m0/s1. The van der Waals surface area contributed by atoms with Gasteiger partial charge in [-0.15, -0.1) is 0 Å².